The summed E-state index contributed by atoms with van der Waals surface area (Å²) in [6, 6.07) is 2.02. The summed E-state index contributed by atoms with van der Waals surface area (Å²) in [7, 11) is 0. The summed E-state index contributed by atoms with van der Waals surface area (Å²) in [6.45, 7) is 4.62. The number of hydrogen-bond acceptors (Lipinski definition) is 6. The Morgan fingerprint density at radius 1 is 1.48 bits per heavy atom. The molecule has 1 aliphatic heterocycles. The van der Waals surface area contributed by atoms with E-state index in [0.29, 0.717) is 12.5 Å². The van der Waals surface area contributed by atoms with Crippen molar-refractivity contribution in [3.05, 3.63) is 34.9 Å². The Labute approximate surface area is 149 Å². The van der Waals surface area contributed by atoms with Crippen LogP contribution in [0.3, 0.4) is 0 Å². The average Bonchev–Trinajstić information content (AvgIpc) is 3.28. The van der Waals surface area contributed by atoms with Crippen molar-refractivity contribution < 1.29 is 4.79 Å². The van der Waals surface area contributed by atoms with Crippen LogP contribution >= 0.6 is 11.3 Å². The molecule has 0 bridgehead atoms. The van der Waals surface area contributed by atoms with Crippen LogP contribution in [0.5, 0.6) is 0 Å². The number of amides is 1. The summed E-state index contributed by atoms with van der Waals surface area (Å²) in [4.78, 5) is 17.4. The van der Waals surface area contributed by atoms with Crippen LogP contribution in [0.25, 0.3) is 4.96 Å². The number of nitrogens with zero attached hydrogens (tertiary/aromatic N) is 5. The summed E-state index contributed by atoms with van der Waals surface area (Å²) in [5.74, 6) is 0.379. The van der Waals surface area contributed by atoms with Crippen molar-refractivity contribution in [2.24, 2.45) is 0 Å². The molecule has 0 radical (unpaired) electrons. The van der Waals surface area contributed by atoms with Crippen molar-refractivity contribution in [3.63, 3.8) is 0 Å². The normalized spacial score (nSPS) is 17.9. The van der Waals surface area contributed by atoms with Gasteiger partial charge in [0.05, 0.1) is 24.1 Å². The summed E-state index contributed by atoms with van der Waals surface area (Å²) in [5.41, 5.74) is 1.87. The number of aromatic nitrogens is 5. The third-order valence-electron chi connectivity index (χ3n) is 4.34. The number of hydrogen-bond donors (Lipinski definition) is 2. The number of piperidine rings is 1. The molecule has 4 rings (SSSR count). The fraction of sp³-hybridized carbons (Fsp3) is 0.500. The lowest BCUT2D eigenvalue weighted by atomic mass is 9.97. The molecule has 3 aromatic heterocycles. The van der Waals surface area contributed by atoms with Crippen LogP contribution < -0.4 is 10.6 Å². The first-order chi connectivity index (χ1) is 12.2. The molecule has 1 fully saturated rings. The Bertz CT molecular complexity index is 843. The first-order valence-corrected chi connectivity index (χ1v) is 9.31. The fourth-order valence-electron chi connectivity index (χ4n) is 3.11. The highest BCUT2D eigenvalue weighted by Crippen LogP contribution is 2.21. The van der Waals surface area contributed by atoms with Crippen molar-refractivity contribution in [2.75, 3.05) is 13.1 Å². The molecular formula is C16H21N7OS. The lowest BCUT2D eigenvalue weighted by Gasteiger charge is -2.20. The topological polar surface area (TPSA) is 89.1 Å². The van der Waals surface area contributed by atoms with Gasteiger partial charge in [-0.1, -0.05) is 11.3 Å². The summed E-state index contributed by atoms with van der Waals surface area (Å²) in [6.07, 6.45) is 6.06. The van der Waals surface area contributed by atoms with Gasteiger partial charge in [0.1, 0.15) is 11.6 Å². The molecule has 0 aromatic carbocycles. The second-order valence-corrected chi connectivity index (χ2v) is 7.50. The summed E-state index contributed by atoms with van der Waals surface area (Å²) < 4.78 is 3.45. The van der Waals surface area contributed by atoms with E-state index in [-0.39, 0.29) is 12.5 Å². The van der Waals surface area contributed by atoms with Gasteiger partial charge in [0.25, 0.3) is 0 Å². The Morgan fingerprint density at radius 2 is 2.40 bits per heavy atom. The van der Waals surface area contributed by atoms with E-state index >= 15 is 0 Å². The van der Waals surface area contributed by atoms with Gasteiger partial charge < -0.3 is 10.6 Å². The van der Waals surface area contributed by atoms with Gasteiger partial charge in [-0.05, 0) is 32.4 Å². The van der Waals surface area contributed by atoms with E-state index in [0.717, 1.165) is 40.9 Å². The Kier molecular flexibility index (Phi) is 4.50. The molecule has 1 amide bonds. The third kappa shape index (κ3) is 3.72. The summed E-state index contributed by atoms with van der Waals surface area (Å²) in [5, 5.41) is 16.1. The molecule has 132 valence electrons. The van der Waals surface area contributed by atoms with Gasteiger partial charge in [0.15, 0.2) is 0 Å². The van der Waals surface area contributed by atoms with Crippen LogP contribution in [0.4, 0.5) is 0 Å². The van der Waals surface area contributed by atoms with Crippen molar-refractivity contribution in [3.8, 4) is 0 Å². The number of aryl methyl sites for hydroxylation is 1. The zero-order valence-electron chi connectivity index (χ0n) is 14.1. The standard InChI is InChI=1S/C16H21N7OS/c1-11-20-23-9-13(19-16(23)25-11)8-18-15(24)10-22-6-4-14(21-22)12-3-2-5-17-7-12/h4,6,9,12,17H,2-3,5,7-8,10H2,1H3,(H,18,24). The molecule has 1 atom stereocenters. The fourth-order valence-corrected chi connectivity index (χ4v) is 3.85. The molecule has 3 aromatic rings. The van der Waals surface area contributed by atoms with E-state index in [1.807, 2.05) is 25.4 Å². The second-order valence-electron chi connectivity index (χ2n) is 6.34. The molecule has 9 heteroatoms. The van der Waals surface area contributed by atoms with Gasteiger partial charge in [-0.15, -0.1) is 0 Å². The van der Waals surface area contributed by atoms with Crippen molar-refractivity contribution >= 4 is 22.2 Å². The molecule has 4 heterocycles. The second kappa shape index (κ2) is 6.93. The lowest BCUT2D eigenvalue weighted by molar-refractivity contribution is -0.122. The lowest BCUT2D eigenvalue weighted by Crippen LogP contribution is -2.29. The predicted molar refractivity (Wildman–Crippen MR) is 94.5 cm³/mol. The maximum absolute atomic E-state index is 12.1. The number of fused-ring (bicyclic) bond motifs is 1. The highest BCUT2D eigenvalue weighted by atomic mass is 32.1. The first kappa shape index (κ1) is 16.2. The van der Waals surface area contributed by atoms with E-state index in [1.54, 1.807) is 9.20 Å². The zero-order chi connectivity index (χ0) is 17.2. The Hall–Kier alpha value is -2.26. The number of nitrogens with one attached hydrogen (secondary N) is 2. The maximum atomic E-state index is 12.1. The molecule has 1 unspecified atom stereocenters. The van der Waals surface area contributed by atoms with E-state index in [1.165, 1.54) is 17.8 Å². The molecule has 1 saturated heterocycles. The Morgan fingerprint density at radius 3 is 3.20 bits per heavy atom. The van der Waals surface area contributed by atoms with Crippen LogP contribution in [-0.2, 0) is 17.9 Å². The minimum absolute atomic E-state index is 0.0723. The van der Waals surface area contributed by atoms with E-state index in [9.17, 15) is 4.79 Å². The molecule has 8 nitrogen and oxygen atoms in total. The van der Waals surface area contributed by atoms with Crippen LogP contribution in [0.15, 0.2) is 18.5 Å². The van der Waals surface area contributed by atoms with Gasteiger partial charge in [0, 0.05) is 18.7 Å². The predicted octanol–water partition coefficient (Wildman–Crippen LogP) is 1.08. The van der Waals surface area contributed by atoms with Crippen molar-refractivity contribution in [1.29, 1.82) is 0 Å². The molecule has 0 aliphatic carbocycles. The van der Waals surface area contributed by atoms with Crippen LogP contribution in [0.2, 0.25) is 0 Å². The maximum Gasteiger partial charge on any atom is 0.242 e. The minimum Gasteiger partial charge on any atom is -0.349 e. The molecule has 2 N–H and O–H groups in total. The van der Waals surface area contributed by atoms with Crippen molar-refractivity contribution in [2.45, 2.75) is 38.8 Å². The van der Waals surface area contributed by atoms with Gasteiger partial charge in [-0.25, -0.2) is 9.50 Å². The Balaban J connectivity index is 1.31. The molecule has 1 aliphatic rings. The number of rotatable bonds is 5. The van der Waals surface area contributed by atoms with Crippen LogP contribution in [-0.4, -0.2) is 43.4 Å². The molecule has 0 spiro atoms. The minimum atomic E-state index is -0.0723. The largest absolute Gasteiger partial charge is 0.349 e. The monoisotopic (exact) mass is 359 g/mol. The van der Waals surface area contributed by atoms with E-state index < -0.39 is 0 Å². The SMILES string of the molecule is Cc1nn2cc(CNC(=O)Cn3ccc(C4CCCNC4)n3)nc2s1. The third-order valence-corrected chi connectivity index (χ3v) is 5.18. The van der Waals surface area contributed by atoms with Crippen LogP contribution in [0.1, 0.15) is 35.2 Å². The molecule has 25 heavy (non-hydrogen) atoms. The van der Waals surface area contributed by atoms with Gasteiger partial charge >= 0.3 is 0 Å². The quantitative estimate of drug-likeness (QED) is 0.712. The number of carbonyl (C=O) groups excluding carboxylic acids is 1. The molecule has 0 saturated carbocycles. The first-order valence-electron chi connectivity index (χ1n) is 8.50. The smallest absolute Gasteiger partial charge is 0.242 e. The van der Waals surface area contributed by atoms with E-state index in [2.05, 4.69) is 25.8 Å². The van der Waals surface area contributed by atoms with Crippen LogP contribution in [0, 0.1) is 6.92 Å². The van der Waals surface area contributed by atoms with Gasteiger partial charge in [-0.3, -0.25) is 9.48 Å². The van der Waals surface area contributed by atoms with Gasteiger partial charge in [-0.2, -0.15) is 10.2 Å². The summed E-state index contributed by atoms with van der Waals surface area (Å²) >= 11 is 1.53. The average molecular weight is 359 g/mol. The highest BCUT2D eigenvalue weighted by molar-refractivity contribution is 7.16. The number of carbonyl (C=O) groups is 1. The van der Waals surface area contributed by atoms with Crippen molar-refractivity contribution in [1.82, 2.24) is 35.0 Å². The van der Waals surface area contributed by atoms with Gasteiger partial charge in [0.2, 0.25) is 10.9 Å². The zero-order valence-corrected chi connectivity index (χ0v) is 14.9. The number of imidazole rings is 1. The van der Waals surface area contributed by atoms with E-state index in [4.69, 9.17) is 0 Å². The molecular weight excluding hydrogens is 338 g/mol. The highest BCUT2D eigenvalue weighted by Gasteiger charge is 2.18.